The number of anilines is 1. The van der Waals surface area contributed by atoms with Crippen LogP contribution in [0.2, 0.25) is 0 Å². The van der Waals surface area contributed by atoms with Crippen LogP contribution in [0.25, 0.3) is 0 Å². The van der Waals surface area contributed by atoms with Gasteiger partial charge in [-0.25, -0.2) is 0 Å². The first-order valence-electron chi connectivity index (χ1n) is 8.64. The van der Waals surface area contributed by atoms with Crippen molar-refractivity contribution in [3.05, 3.63) is 58.1 Å². The maximum atomic E-state index is 12.0. The summed E-state index contributed by atoms with van der Waals surface area (Å²) >= 11 is 3.30. The van der Waals surface area contributed by atoms with Gasteiger partial charge >= 0.3 is 0 Å². The molecular weight excluding hydrogens is 426 g/mol. The number of carbonyl (C=O) groups excluding carboxylic acids is 3. The lowest BCUT2D eigenvalue weighted by Gasteiger charge is -2.11. The van der Waals surface area contributed by atoms with Gasteiger partial charge < -0.3 is 20.7 Å². The van der Waals surface area contributed by atoms with Gasteiger partial charge in [-0.2, -0.15) is 0 Å². The normalized spacial score (nSPS) is 10.1. The van der Waals surface area contributed by atoms with Gasteiger partial charge in [-0.1, -0.05) is 22.0 Å². The molecular formula is C20H22BrN3O4. The number of methoxy groups -OCH3 is 1. The Morgan fingerprint density at radius 3 is 2.39 bits per heavy atom. The third kappa shape index (κ3) is 6.70. The summed E-state index contributed by atoms with van der Waals surface area (Å²) in [5.41, 5.74) is 2.03. The molecule has 0 aromatic heterocycles. The minimum Gasteiger partial charge on any atom is -0.495 e. The predicted octanol–water partition coefficient (Wildman–Crippen LogP) is 2.64. The zero-order valence-corrected chi connectivity index (χ0v) is 17.3. The van der Waals surface area contributed by atoms with E-state index >= 15 is 0 Å². The molecule has 0 fully saturated rings. The van der Waals surface area contributed by atoms with Crippen LogP contribution in [0.1, 0.15) is 22.3 Å². The van der Waals surface area contributed by atoms with Crippen molar-refractivity contribution < 1.29 is 19.1 Å². The fourth-order valence-electron chi connectivity index (χ4n) is 2.37. The molecule has 7 nitrogen and oxygen atoms in total. The minimum atomic E-state index is -0.365. The first kappa shape index (κ1) is 21.4. The Balaban J connectivity index is 1.72. The van der Waals surface area contributed by atoms with Gasteiger partial charge in [-0.3, -0.25) is 14.4 Å². The summed E-state index contributed by atoms with van der Waals surface area (Å²) in [6.45, 7) is 1.91. The maximum absolute atomic E-state index is 12.0. The lowest BCUT2D eigenvalue weighted by Crippen LogP contribution is -2.35. The molecule has 3 N–H and O–H groups in total. The van der Waals surface area contributed by atoms with E-state index in [4.69, 9.17) is 4.74 Å². The highest BCUT2D eigenvalue weighted by Gasteiger charge is 2.10. The van der Waals surface area contributed by atoms with Gasteiger partial charge in [0.05, 0.1) is 19.3 Å². The largest absolute Gasteiger partial charge is 0.495 e. The number of aryl methyl sites for hydroxylation is 1. The number of ether oxygens (including phenoxy) is 1. The van der Waals surface area contributed by atoms with Gasteiger partial charge in [-0.15, -0.1) is 0 Å². The fraction of sp³-hybridized carbons (Fsp3) is 0.250. The zero-order valence-electron chi connectivity index (χ0n) is 15.7. The molecule has 0 atom stereocenters. The van der Waals surface area contributed by atoms with Crippen molar-refractivity contribution in [1.82, 2.24) is 10.6 Å². The van der Waals surface area contributed by atoms with Crippen LogP contribution < -0.4 is 20.7 Å². The Labute approximate surface area is 172 Å². The highest BCUT2D eigenvalue weighted by atomic mass is 79.9. The second-order valence-corrected chi connectivity index (χ2v) is 6.96. The molecule has 0 aliphatic heterocycles. The van der Waals surface area contributed by atoms with Crippen LogP contribution in [-0.2, 0) is 9.59 Å². The van der Waals surface area contributed by atoms with E-state index in [0.717, 1.165) is 10.0 Å². The maximum Gasteiger partial charge on any atom is 0.251 e. The lowest BCUT2D eigenvalue weighted by atomic mass is 10.2. The van der Waals surface area contributed by atoms with Crippen LogP contribution >= 0.6 is 15.9 Å². The highest BCUT2D eigenvalue weighted by molar-refractivity contribution is 9.10. The molecule has 2 aromatic rings. The van der Waals surface area contributed by atoms with E-state index in [2.05, 4.69) is 31.9 Å². The average molecular weight is 448 g/mol. The number of nitrogens with one attached hydrogen (secondary N) is 3. The monoisotopic (exact) mass is 447 g/mol. The van der Waals surface area contributed by atoms with E-state index < -0.39 is 0 Å². The summed E-state index contributed by atoms with van der Waals surface area (Å²) in [6, 6.07) is 12.3. The molecule has 0 radical (unpaired) electrons. The van der Waals surface area contributed by atoms with Gasteiger partial charge in [0.1, 0.15) is 5.75 Å². The smallest absolute Gasteiger partial charge is 0.251 e. The van der Waals surface area contributed by atoms with Gasteiger partial charge in [0.15, 0.2) is 0 Å². The molecule has 0 saturated heterocycles. The van der Waals surface area contributed by atoms with E-state index in [0.29, 0.717) is 17.0 Å². The number of rotatable bonds is 8. The number of hydrogen-bond acceptors (Lipinski definition) is 4. The molecule has 2 aromatic carbocycles. The number of halogens is 1. The van der Waals surface area contributed by atoms with Crippen LogP contribution in [0.3, 0.4) is 0 Å². The zero-order chi connectivity index (χ0) is 20.5. The highest BCUT2D eigenvalue weighted by Crippen LogP contribution is 2.24. The van der Waals surface area contributed by atoms with Gasteiger partial charge in [0.25, 0.3) is 5.91 Å². The second kappa shape index (κ2) is 10.5. The lowest BCUT2D eigenvalue weighted by molar-refractivity contribution is -0.124. The van der Waals surface area contributed by atoms with Crippen LogP contribution in [0.15, 0.2) is 46.9 Å². The molecule has 0 unspecified atom stereocenters. The van der Waals surface area contributed by atoms with Crippen LogP contribution in [0.5, 0.6) is 5.75 Å². The quantitative estimate of drug-likeness (QED) is 0.579. The molecule has 0 spiro atoms. The first-order valence-corrected chi connectivity index (χ1v) is 9.43. The van der Waals surface area contributed by atoms with Crippen molar-refractivity contribution >= 4 is 39.3 Å². The Kier molecular flexibility index (Phi) is 8.01. The number of amides is 3. The Hall–Kier alpha value is -2.87. The molecule has 2 rings (SSSR count). The van der Waals surface area contributed by atoms with Crippen molar-refractivity contribution in [2.45, 2.75) is 13.3 Å². The van der Waals surface area contributed by atoms with Crippen molar-refractivity contribution in [3.63, 3.8) is 0 Å². The van der Waals surface area contributed by atoms with Crippen molar-refractivity contribution in [2.24, 2.45) is 0 Å². The summed E-state index contributed by atoms with van der Waals surface area (Å²) < 4.78 is 6.08. The number of benzene rings is 2. The predicted molar refractivity (Wildman–Crippen MR) is 110 cm³/mol. The van der Waals surface area contributed by atoms with E-state index in [1.165, 1.54) is 7.11 Å². The Bertz CT molecular complexity index is 853. The summed E-state index contributed by atoms with van der Waals surface area (Å²) in [5.74, 6) is -0.413. The number of carbonyl (C=O) groups is 3. The van der Waals surface area contributed by atoms with Crippen molar-refractivity contribution in [2.75, 3.05) is 25.5 Å². The van der Waals surface area contributed by atoms with Crippen LogP contribution in [-0.4, -0.2) is 37.9 Å². The standard InChI is InChI=1S/C20H22BrN3O4/c1-13-3-8-17(28-2)16(11-13)24-19(26)12-23-18(25)9-10-22-20(27)14-4-6-15(21)7-5-14/h3-8,11H,9-10,12H2,1-2H3,(H,22,27)(H,23,25)(H,24,26). The fourth-order valence-corrected chi connectivity index (χ4v) is 2.64. The molecule has 28 heavy (non-hydrogen) atoms. The topological polar surface area (TPSA) is 96.5 Å². The van der Waals surface area contributed by atoms with E-state index in [-0.39, 0.29) is 37.2 Å². The molecule has 0 aliphatic carbocycles. The summed E-state index contributed by atoms with van der Waals surface area (Å²) in [6.07, 6.45) is 0.0727. The third-order valence-corrected chi connectivity index (χ3v) is 4.35. The van der Waals surface area contributed by atoms with Crippen LogP contribution in [0, 0.1) is 6.92 Å². The van der Waals surface area contributed by atoms with Crippen molar-refractivity contribution in [3.8, 4) is 5.75 Å². The summed E-state index contributed by atoms with van der Waals surface area (Å²) in [4.78, 5) is 35.9. The minimum absolute atomic E-state index is 0.0727. The Morgan fingerprint density at radius 1 is 1.00 bits per heavy atom. The van der Waals surface area contributed by atoms with E-state index in [9.17, 15) is 14.4 Å². The summed E-state index contributed by atoms with van der Waals surface area (Å²) in [7, 11) is 1.52. The molecule has 0 heterocycles. The van der Waals surface area contributed by atoms with Crippen molar-refractivity contribution in [1.29, 1.82) is 0 Å². The molecule has 148 valence electrons. The third-order valence-electron chi connectivity index (χ3n) is 3.82. The summed E-state index contributed by atoms with van der Waals surface area (Å²) in [5, 5.41) is 7.90. The Morgan fingerprint density at radius 2 is 1.71 bits per heavy atom. The first-order chi connectivity index (χ1) is 13.4. The SMILES string of the molecule is COc1ccc(C)cc1NC(=O)CNC(=O)CCNC(=O)c1ccc(Br)cc1. The molecule has 3 amide bonds. The second-order valence-electron chi connectivity index (χ2n) is 6.04. The van der Waals surface area contributed by atoms with Crippen LogP contribution in [0.4, 0.5) is 5.69 Å². The van der Waals surface area contributed by atoms with E-state index in [1.54, 1.807) is 36.4 Å². The molecule has 0 saturated carbocycles. The molecule has 8 heteroatoms. The van der Waals surface area contributed by atoms with E-state index in [1.807, 2.05) is 13.0 Å². The average Bonchev–Trinajstić information content (AvgIpc) is 2.67. The molecule has 0 aliphatic rings. The van der Waals surface area contributed by atoms with Gasteiger partial charge in [0.2, 0.25) is 11.8 Å². The van der Waals surface area contributed by atoms with Gasteiger partial charge in [-0.05, 0) is 48.9 Å². The number of hydrogen-bond donors (Lipinski definition) is 3. The molecule has 0 bridgehead atoms. The van der Waals surface area contributed by atoms with Gasteiger partial charge in [0, 0.05) is 23.0 Å².